The Morgan fingerprint density at radius 2 is 1.90 bits per heavy atom. The molecule has 0 rings (SSSR count). The summed E-state index contributed by atoms with van der Waals surface area (Å²) in [5, 5.41) is 0. The van der Waals surface area contributed by atoms with Crippen LogP contribution in [0.1, 0.15) is 6.92 Å². The first-order valence-electron chi connectivity index (χ1n) is 2.91. The average molecular weight is 163 g/mol. The van der Waals surface area contributed by atoms with Crippen molar-refractivity contribution in [2.75, 3.05) is 19.8 Å². The van der Waals surface area contributed by atoms with Gasteiger partial charge in [0.15, 0.2) is 0 Å². The third-order valence-electron chi connectivity index (χ3n) is 0.985. The summed E-state index contributed by atoms with van der Waals surface area (Å²) in [5.41, 5.74) is 0.661. The molecule has 0 heterocycles. The van der Waals surface area contributed by atoms with Crippen molar-refractivity contribution in [3.63, 3.8) is 0 Å². The van der Waals surface area contributed by atoms with Crippen LogP contribution in [0.2, 0.25) is 0 Å². The van der Waals surface area contributed by atoms with E-state index in [9.17, 15) is 8.42 Å². The van der Waals surface area contributed by atoms with E-state index >= 15 is 0 Å². The van der Waals surface area contributed by atoms with E-state index in [1.165, 1.54) is 18.4 Å². The Morgan fingerprint density at radius 1 is 1.50 bits per heavy atom. The Labute approximate surface area is 62.4 Å². The second-order valence-electron chi connectivity index (χ2n) is 2.50. The van der Waals surface area contributed by atoms with E-state index in [0.29, 0.717) is 5.57 Å². The SMILES string of the molecule is C=C(C)CS(=O)(=O)N(C)C. The molecule has 4 heteroatoms. The van der Waals surface area contributed by atoms with Gasteiger partial charge in [-0.3, -0.25) is 0 Å². The van der Waals surface area contributed by atoms with Crippen molar-refractivity contribution in [1.29, 1.82) is 0 Å². The summed E-state index contributed by atoms with van der Waals surface area (Å²) in [5.74, 6) is 0.0417. The van der Waals surface area contributed by atoms with Gasteiger partial charge in [0, 0.05) is 14.1 Å². The third-order valence-corrected chi connectivity index (χ3v) is 2.96. The second-order valence-corrected chi connectivity index (χ2v) is 4.68. The summed E-state index contributed by atoms with van der Waals surface area (Å²) >= 11 is 0. The van der Waals surface area contributed by atoms with Gasteiger partial charge in [0.25, 0.3) is 0 Å². The lowest BCUT2D eigenvalue weighted by atomic mass is 10.4. The Bertz CT molecular complexity index is 216. The molecule has 60 valence electrons. The smallest absolute Gasteiger partial charge is 0.212 e. The third kappa shape index (κ3) is 2.98. The molecule has 0 amide bonds. The van der Waals surface area contributed by atoms with Gasteiger partial charge in [-0.2, -0.15) is 0 Å². The van der Waals surface area contributed by atoms with Gasteiger partial charge in [0.2, 0.25) is 10.0 Å². The maximum absolute atomic E-state index is 11.0. The summed E-state index contributed by atoms with van der Waals surface area (Å²) in [6.07, 6.45) is 0. The molecule has 0 fully saturated rings. The number of hydrogen-bond acceptors (Lipinski definition) is 2. The number of nitrogens with zero attached hydrogens (tertiary/aromatic N) is 1. The highest BCUT2D eigenvalue weighted by Crippen LogP contribution is 1.99. The molecule has 0 unspecified atom stereocenters. The van der Waals surface area contributed by atoms with Crippen LogP contribution in [-0.2, 0) is 10.0 Å². The number of rotatable bonds is 3. The van der Waals surface area contributed by atoms with Crippen LogP contribution in [0.15, 0.2) is 12.2 Å². The maximum atomic E-state index is 11.0. The molecule has 0 aliphatic heterocycles. The Morgan fingerprint density at radius 3 is 2.00 bits per heavy atom. The van der Waals surface area contributed by atoms with Crippen LogP contribution in [-0.4, -0.2) is 32.6 Å². The molecule has 0 aromatic carbocycles. The first kappa shape index (κ1) is 9.65. The van der Waals surface area contributed by atoms with Crippen LogP contribution in [0.4, 0.5) is 0 Å². The van der Waals surface area contributed by atoms with E-state index in [1.54, 1.807) is 6.92 Å². The fourth-order valence-corrected chi connectivity index (χ4v) is 1.32. The van der Waals surface area contributed by atoms with Crippen LogP contribution in [0.3, 0.4) is 0 Å². The zero-order chi connectivity index (χ0) is 8.36. The summed E-state index contributed by atoms with van der Waals surface area (Å²) in [6.45, 7) is 5.21. The molecule has 10 heavy (non-hydrogen) atoms. The van der Waals surface area contributed by atoms with Crippen molar-refractivity contribution in [2.24, 2.45) is 0 Å². The predicted molar refractivity (Wildman–Crippen MR) is 42.3 cm³/mol. The van der Waals surface area contributed by atoms with E-state index in [1.807, 2.05) is 0 Å². The summed E-state index contributed by atoms with van der Waals surface area (Å²) < 4.78 is 23.2. The molecular weight excluding hydrogens is 150 g/mol. The largest absolute Gasteiger partial charge is 0.217 e. The monoisotopic (exact) mass is 163 g/mol. The minimum absolute atomic E-state index is 0.0417. The molecule has 0 aromatic heterocycles. The van der Waals surface area contributed by atoms with E-state index in [4.69, 9.17) is 0 Å². The highest BCUT2D eigenvalue weighted by Gasteiger charge is 2.12. The number of hydrogen-bond donors (Lipinski definition) is 0. The van der Waals surface area contributed by atoms with Gasteiger partial charge in [0.05, 0.1) is 5.75 Å². The summed E-state index contributed by atoms with van der Waals surface area (Å²) in [7, 11) is -0.0393. The van der Waals surface area contributed by atoms with Crippen LogP contribution >= 0.6 is 0 Å². The van der Waals surface area contributed by atoms with Crippen LogP contribution in [0.25, 0.3) is 0 Å². The van der Waals surface area contributed by atoms with Gasteiger partial charge in [0.1, 0.15) is 0 Å². The predicted octanol–water partition coefficient (Wildman–Crippen LogP) is 0.454. The van der Waals surface area contributed by atoms with Gasteiger partial charge in [-0.1, -0.05) is 12.2 Å². The molecule has 0 aliphatic carbocycles. The van der Waals surface area contributed by atoms with Gasteiger partial charge < -0.3 is 0 Å². The molecule has 0 bridgehead atoms. The molecule has 0 saturated carbocycles. The van der Waals surface area contributed by atoms with Gasteiger partial charge >= 0.3 is 0 Å². The van der Waals surface area contributed by atoms with Crippen LogP contribution < -0.4 is 0 Å². The van der Waals surface area contributed by atoms with Crippen molar-refractivity contribution < 1.29 is 8.42 Å². The lowest BCUT2D eigenvalue weighted by molar-refractivity contribution is 0.523. The minimum Gasteiger partial charge on any atom is -0.212 e. The van der Waals surface area contributed by atoms with Gasteiger partial charge in [-0.25, -0.2) is 12.7 Å². The number of sulfonamides is 1. The molecule has 3 nitrogen and oxygen atoms in total. The normalized spacial score (nSPS) is 12.0. The van der Waals surface area contributed by atoms with E-state index < -0.39 is 10.0 Å². The molecule has 0 N–H and O–H groups in total. The van der Waals surface area contributed by atoms with Gasteiger partial charge in [-0.15, -0.1) is 0 Å². The molecule has 0 radical (unpaired) electrons. The topological polar surface area (TPSA) is 37.4 Å². The fourth-order valence-electron chi connectivity index (χ4n) is 0.440. The quantitative estimate of drug-likeness (QED) is 0.567. The standard InChI is InChI=1S/C6H13NO2S/c1-6(2)5-10(8,9)7(3)4/h1,5H2,2-4H3. The van der Waals surface area contributed by atoms with E-state index in [2.05, 4.69) is 6.58 Å². The maximum Gasteiger partial charge on any atom is 0.217 e. The molecule has 0 spiro atoms. The van der Waals surface area contributed by atoms with E-state index in [-0.39, 0.29) is 5.75 Å². The average Bonchev–Trinajstić information content (AvgIpc) is 1.60. The van der Waals surface area contributed by atoms with Crippen LogP contribution in [0, 0.1) is 0 Å². The molecular formula is C6H13NO2S. The lowest BCUT2D eigenvalue weighted by Gasteiger charge is -2.09. The minimum atomic E-state index is -3.06. The highest BCUT2D eigenvalue weighted by molar-refractivity contribution is 7.89. The van der Waals surface area contributed by atoms with Gasteiger partial charge in [-0.05, 0) is 6.92 Å². The fraction of sp³-hybridized carbons (Fsp3) is 0.667. The van der Waals surface area contributed by atoms with E-state index in [0.717, 1.165) is 0 Å². The van der Waals surface area contributed by atoms with Crippen molar-refractivity contribution >= 4 is 10.0 Å². The molecule has 0 aliphatic rings. The molecule has 0 saturated heterocycles. The first-order chi connectivity index (χ1) is 4.36. The Hall–Kier alpha value is -0.350. The second kappa shape index (κ2) is 3.16. The van der Waals surface area contributed by atoms with Crippen LogP contribution in [0.5, 0.6) is 0 Å². The zero-order valence-electron chi connectivity index (χ0n) is 6.59. The molecule has 0 aromatic rings. The zero-order valence-corrected chi connectivity index (χ0v) is 7.40. The Kier molecular flexibility index (Phi) is 3.05. The summed E-state index contributed by atoms with van der Waals surface area (Å²) in [4.78, 5) is 0. The molecule has 0 atom stereocenters. The van der Waals surface area contributed by atoms with Crippen molar-refractivity contribution in [1.82, 2.24) is 4.31 Å². The van der Waals surface area contributed by atoms with Crippen molar-refractivity contribution in [3.8, 4) is 0 Å². The lowest BCUT2D eigenvalue weighted by Crippen LogP contribution is -2.25. The highest BCUT2D eigenvalue weighted by atomic mass is 32.2. The van der Waals surface area contributed by atoms with Crippen molar-refractivity contribution in [2.45, 2.75) is 6.92 Å². The summed E-state index contributed by atoms with van der Waals surface area (Å²) in [6, 6.07) is 0. The Balaban J connectivity index is 4.31. The first-order valence-corrected chi connectivity index (χ1v) is 4.52. The van der Waals surface area contributed by atoms with Crippen molar-refractivity contribution in [3.05, 3.63) is 12.2 Å².